The van der Waals surface area contributed by atoms with Crippen LogP contribution in [0.25, 0.3) is 6.08 Å². The van der Waals surface area contributed by atoms with Crippen LogP contribution in [0.3, 0.4) is 0 Å². The summed E-state index contributed by atoms with van der Waals surface area (Å²) in [6, 6.07) is 30.3. The van der Waals surface area contributed by atoms with Crippen LogP contribution in [-0.4, -0.2) is 11.6 Å². The van der Waals surface area contributed by atoms with Crippen LogP contribution in [0.5, 0.6) is 0 Å². The van der Waals surface area contributed by atoms with E-state index < -0.39 is 5.41 Å². The molecular weight excluding hydrogens is 368 g/mol. The molecule has 0 bridgehead atoms. The second kappa shape index (κ2) is 7.53. The average molecular weight is 392 g/mol. The van der Waals surface area contributed by atoms with E-state index >= 15 is 0 Å². The van der Waals surface area contributed by atoms with Crippen LogP contribution >= 0.6 is 0 Å². The van der Waals surface area contributed by atoms with Gasteiger partial charge in [0.15, 0.2) is 5.78 Å². The van der Waals surface area contributed by atoms with E-state index in [0.29, 0.717) is 19.3 Å². The van der Waals surface area contributed by atoms with Crippen LogP contribution < -0.4 is 0 Å². The van der Waals surface area contributed by atoms with Gasteiger partial charge in [-0.1, -0.05) is 91.0 Å². The van der Waals surface area contributed by atoms with E-state index in [0.717, 1.165) is 22.3 Å². The number of Topliss-reactive ketones (excluding diaryl/α,β-unsaturated/α-hetero) is 2. The summed E-state index contributed by atoms with van der Waals surface area (Å²) < 4.78 is 0. The Bertz CT molecular complexity index is 1100. The summed E-state index contributed by atoms with van der Waals surface area (Å²) in [7, 11) is 0. The minimum Gasteiger partial charge on any atom is -0.299 e. The van der Waals surface area contributed by atoms with Gasteiger partial charge in [-0.25, -0.2) is 0 Å². The zero-order valence-electron chi connectivity index (χ0n) is 16.8. The third-order valence-electron chi connectivity index (χ3n) is 6.85. The summed E-state index contributed by atoms with van der Waals surface area (Å²) in [6.07, 6.45) is 3.66. The monoisotopic (exact) mass is 392 g/mol. The van der Waals surface area contributed by atoms with E-state index in [2.05, 4.69) is 24.3 Å². The molecule has 3 atom stereocenters. The standard InChI is InChI=1S/C28H24O2/c29-25-19-24(21-12-6-2-7-13-21)26(22-14-8-3-9-15-22)28(25)17-16-23(27(28)30)18-20-10-4-1-5-11-20/h1-15,18,24,26H,16-17,19H2/b23-18+/t24-,26-,28-/m1/s1. The van der Waals surface area contributed by atoms with Crippen molar-refractivity contribution < 1.29 is 9.59 Å². The van der Waals surface area contributed by atoms with Crippen molar-refractivity contribution in [1.29, 1.82) is 0 Å². The van der Waals surface area contributed by atoms with E-state index in [1.807, 2.05) is 72.8 Å². The molecule has 2 aliphatic rings. The van der Waals surface area contributed by atoms with Crippen LogP contribution in [0.4, 0.5) is 0 Å². The highest BCUT2D eigenvalue weighted by Gasteiger charge is 2.62. The van der Waals surface area contributed by atoms with Gasteiger partial charge in [0, 0.05) is 12.3 Å². The molecule has 30 heavy (non-hydrogen) atoms. The van der Waals surface area contributed by atoms with Gasteiger partial charge in [-0.05, 0) is 47.1 Å². The fourth-order valence-electron chi connectivity index (χ4n) is 5.50. The Kier molecular flexibility index (Phi) is 4.71. The van der Waals surface area contributed by atoms with Gasteiger partial charge >= 0.3 is 0 Å². The first-order valence-electron chi connectivity index (χ1n) is 10.6. The van der Waals surface area contributed by atoms with Crippen molar-refractivity contribution in [2.45, 2.75) is 31.1 Å². The normalized spacial score (nSPS) is 27.3. The van der Waals surface area contributed by atoms with Gasteiger partial charge in [0.1, 0.15) is 5.78 Å². The second-order valence-corrected chi connectivity index (χ2v) is 8.41. The molecule has 0 aliphatic heterocycles. The maximum Gasteiger partial charge on any atom is 0.173 e. The Morgan fingerprint density at radius 2 is 1.30 bits per heavy atom. The second-order valence-electron chi connectivity index (χ2n) is 8.41. The van der Waals surface area contributed by atoms with Crippen molar-refractivity contribution >= 4 is 17.6 Å². The zero-order chi connectivity index (χ0) is 20.6. The van der Waals surface area contributed by atoms with Gasteiger partial charge in [0.05, 0.1) is 5.41 Å². The van der Waals surface area contributed by atoms with Crippen molar-refractivity contribution in [2.24, 2.45) is 5.41 Å². The zero-order valence-corrected chi connectivity index (χ0v) is 16.8. The molecule has 0 saturated heterocycles. The van der Waals surface area contributed by atoms with Crippen LogP contribution in [0.15, 0.2) is 96.6 Å². The van der Waals surface area contributed by atoms with E-state index in [4.69, 9.17) is 0 Å². The number of rotatable bonds is 3. The molecule has 3 aromatic carbocycles. The molecule has 5 rings (SSSR count). The first kappa shape index (κ1) is 18.7. The van der Waals surface area contributed by atoms with Crippen LogP contribution in [0, 0.1) is 5.41 Å². The molecule has 2 fully saturated rings. The van der Waals surface area contributed by atoms with Crippen molar-refractivity contribution in [3.05, 3.63) is 113 Å². The van der Waals surface area contributed by atoms with Gasteiger partial charge in [0.25, 0.3) is 0 Å². The molecule has 0 amide bonds. The fourth-order valence-corrected chi connectivity index (χ4v) is 5.50. The predicted octanol–water partition coefficient (Wildman–Crippen LogP) is 5.96. The highest BCUT2D eigenvalue weighted by Crippen LogP contribution is 2.61. The Morgan fingerprint density at radius 3 is 1.93 bits per heavy atom. The maximum absolute atomic E-state index is 13.8. The van der Waals surface area contributed by atoms with Crippen LogP contribution in [0.1, 0.15) is 47.8 Å². The Hall–Kier alpha value is -3.26. The van der Waals surface area contributed by atoms with Gasteiger partial charge < -0.3 is 0 Å². The lowest BCUT2D eigenvalue weighted by Gasteiger charge is -2.31. The molecule has 1 spiro atoms. The van der Waals surface area contributed by atoms with E-state index in [9.17, 15) is 9.59 Å². The molecule has 2 aliphatic carbocycles. The topological polar surface area (TPSA) is 34.1 Å². The highest BCUT2D eigenvalue weighted by atomic mass is 16.2. The molecule has 2 heteroatoms. The van der Waals surface area contributed by atoms with Crippen molar-refractivity contribution in [1.82, 2.24) is 0 Å². The smallest absolute Gasteiger partial charge is 0.173 e. The quantitative estimate of drug-likeness (QED) is 0.407. The largest absolute Gasteiger partial charge is 0.299 e. The van der Waals surface area contributed by atoms with Crippen molar-refractivity contribution in [2.75, 3.05) is 0 Å². The molecule has 0 N–H and O–H groups in total. The number of allylic oxidation sites excluding steroid dienone is 1. The third kappa shape index (κ3) is 2.95. The molecule has 2 saturated carbocycles. The maximum atomic E-state index is 13.8. The lowest BCUT2D eigenvalue weighted by molar-refractivity contribution is -0.135. The average Bonchev–Trinajstić information content (AvgIpc) is 3.28. The van der Waals surface area contributed by atoms with Crippen LogP contribution in [0.2, 0.25) is 0 Å². The molecule has 148 valence electrons. The number of hydrogen-bond acceptors (Lipinski definition) is 2. The summed E-state index contributed by atoms with van der Waals surface area (Å²) in [6.45, 7) is 0. The SMILES string of the molecule is O=C1C[C@H](c2ccccc2)[C@@H](c2ccccc2)[C@@]12CC/C(=C\c1ccccc1)C2=O. The summed E-state index contributed by atoms with van der Waals surface area (Å²) in [5.74, 6) is 0.0409. The Labute approximate surface area is 177 Å². The number of carbonyl (C=O) groups is 2. The number of hydrogen-bond donors (Lipinski definition) is 0. The molecule has 0 aromatic heterocycles. The molecule has 0 unspecified atom stereocenters. The van der Waals surface area contributed by atoms with Gasteiger partial charge in [-0.3, -0.25) is 9.59 Å². The van der Waals surface area contributed by atoms with Gasteiger partial charge in [-0.2, -0.15) is 0 Å². The predicted molar refractivity (Wildman–Crippen MR) is 119 cm³/mol. The van der Waals surface area contributed by atoms with Gasteiger partial charge in [0.2, 0.25) is 0 Å². The molecule has 0 heterocycles. The molecule has 0 radical (unpaired) electrons. The lowest BCUT2D eigenvalue weighted by atomic mass is 9.68. The first-order valence-corrected chi connectivity index (χ1v) is 10.6. The van der Waals surface area contributed by atoms with E-state index in [-0.39, 0.29) is 23.4 Å². The number of benzene rings is 3. The highest BCUT2D eigenvalue weighted by molar-refractivity contribution is 6.20. The fraction of sp³-hybridized carbons (Fsp3) is 0.214. The molecular formula is C28H24O2. The summed E-state index contributed by atoms with van der Waals surface area (Å²) in [4.78, 5) is 27.3. The summed E-state index contributed by atoms with van der Waals surface area (Å²) in [5.41, 5.74) is 3.09. The number of carbonyl (C=O) groups excluding carboxylic acids is 2. The van der Waals surface area contributed by atoms with Gasteiger partial charge in [-0.15, -0.1) is 0 Å². The van der Waals surface area contributed by atoms with Crippen molar-refractivity contribution in [3.63, 3.8) is 0 Å². The summed E-state index contributed by atoms with van der Waals surface area (Å²) >= 11 is 0. The number of ketones is 2. The minimum atomic E-state index is -0.942. The minimum absolute atomic E-state index is 0.0288. The molecule has 3 aromatic rings. The Balaban J connectivity index is 1.62. The first-order chi connectivity index (χ1) is 14.7. The van der Waals surface area contributed by atoms with Crippen LogP contribution in [-0.2, 0) is 9.59 Å². The Morgan fingerprint density at radius 1 is 0.733 bits per heavy atom. The summed E-state index contributed by atoms with van der Waals surface area (Å²) in [5, 5.41) is 0. The third-order valence-corrected chi connectivity index (χ3v) is 6.85. The molecule has 2 nitrogen and oxygen atoms in total. The van der Waals surface area contributed by atoms with E-state index in [1.54, 1.807) is 0 Å². The van der Waals surface area contributed by atoms with E-state index in [1.165, 1.54) is 0 Å². The lowest BCUT2D eigenvalue weighted by Crippen LogP contribution is -2.36. The van der Waals surface area contributed by atoms with Crippen molar-refractivity contribution in [3.8, 4) is 0 Å².